The third-order valence-corrected chi connectivity index (χ3v) is 6.80. The normalized spacial score (nSPS) is 16.8. The number of piperidine rings is 1. The molecule has 0 aliphatic carbocycles. The molecule has 0 N–H and O–H groups in total. The average Bonchev–Trinajstić information content (AvgIpc) is 3.27. The topological polar surface area (TPSA) is 36.4 Å². The van der Waals surface area contributed by atoms with Crippen LogP contribution in [0, 0.1) is 5.82 Å². The Morgan fingerprint density at radius 3 is 2.56 bits per heavy atom. The van der Waals surface area contributed by atoms with E-state index in [-0.39, 0.29) is 11.6 Å². The van der Waals surface area contributed by atoms with Crippen LogP contribution in [0.25, 0.3) is 0 Å². The summed E-state index contributed by atoms with van der Waals surface area (Å²) >= 11 is 0. The van der Waals surface area contributed by atoms with Gasteiger partial charge < -0.3 is 9.80 Å². The zero-order valence-corrected chi connectivity index (χ0v) is 18.2. The molecule has 0 unspecified atom stereocenters. The quantitative estimate of drug-likeness (QED) is 0.540. The SMILES string of the molecule is O=C(c1ccc2c(c1)N(C1CCN(CCc3ccc(F)cc3)CC1)CC2)c1ccccn1. The molecule has 0 radical (unpaired) electrons. The number of hydrogen-bond donors (Lipinski definition) is 0. The molecular formula is C27H28FN3O. The van der Waals surface area contributed by atoms with Crippen LogP contribution in [0.2, 0.25) is 0 Å². The average molecular weight is 430 g/mol. The summed E-state index contributed by atoms with van der Waals surface area (Å²) in [5.41, 5.74) is 4.95. The van der Waals surface area contributed by atoms with Crippen molar-refractivity contribution < 1.29 is 9.18 Å². The zero-order valence-electron chi connectivity index (χ0n) is 18.2. The standard InChI is InChI=1S/C27H28FN3O/c28-23-8-4-20(5-9-23)10-15-30-16-12-24(13-17-30)31-18-11-21-6-7-22(19-26(21)31)27(32)25-3-1-2-14-29-25/h1-9,14,19,24H,10-13,15-18H2. The van der Waals surface area contributed by atoms with Gasteiger partial charge in [-0.25, -0.2) is 4.39 Å². The van der Waals surface area contributed by atoms with Gasteiger partial charge in [-0.1, -0.05) is 30.3 Å². The number of likely N-dealkylation sites (tertiary alicyclic amines) is 1. The van der Waals surface area contributed by atoms with E-state index in [4.69, 9.17) is 0 Å². The number of pyridine rings is 1. The van der Waals surface area contributed by atoms with Crippen molar-refractivity contribution >= 4 is 11.5 Å². The van der Waals surface area contributed by atoms with Crippen molar-refractivity contribution in [1.29, 1.82) is 0 Å². The molecule has 0 atom stereocenters. The van der Waals surface area contributed by atoms with Crippen LogP contribution in [-0.2, 0) is 12.8 Å². The Kier molecular flexibility index (Phi) is 5.99. The van der Waals surface area contributed by atoms with Crippen LogP contribution in [-0.4, -0.2) is 47.9 Å². The van der Waals surface area contributed by atoms with Crippen LogP contribution in [0.4, 0.5) is 10.1 Å². The summed E-state index contributed by atoms with van der Waals surface area (Å²) in [6.07, 6.45) is 5.91. The third-order valence-electron chi connectivity index (χ3n) is 6.80. The third kappa shape index (κ3) is 4.44. The molecular weight excluding hydrogens is 401 g/mol. The molecule has 2 aromatic carbocycles. The fourth-order valence-electron chi connectivity index (χ4n) is 4.96. The molecule has 3 aromatic rings. The fraction of sp³-hybridized carbons (Fsp3) is 0.333. The van der Waals surface area contributed by atoms with Gasteiger partial charge in [-0.3, -0.25) is 9.78 Å². The van der Waals surface area contributed by atoms with Crippen LogP contribution < -0.4 is 4.90 Å². The highest BCUT2D eigenvalue weighted by Crippen LogP contribution is 2.34. The summed E-state index contributed by atoms with van der Waals surface area (Å²) in [6.45, 7) is 4.18. The number of benzene rings is 2. The number of fused-ring (bicyclic) bond motifs is 1. The highest BCUT2D eigenvalue weighted by Gasteiger charge is 2.30. The zero-order chi connectivity index (χ0) is 21.9. The van der Waals surface area contributed by atoms with E-state index < -0.39 is 0 Å². The van der Waals surface area contributed by atoms with Gasteiger partial charge in [0.1, 0.15) is 11.5 Å². The predicted octanol–water partition coefficient (Wildman–Crippen LogP) is 4.52. The number of carbonyl (C=O) groups excluding carboxylic acids is 1. The summed E-state index contributed by atoms with van der Waals surface area (Å²) in [5.74, 6) is -0.193. The Labute approximate surface area is 188 Å². The van der Waals surface area contributed by atoms with Gasteiger partial charge in [-0.15, -0.1) is 0 Å². The minimum absolute atomic E-state index is 0.0177. The van der Waals surface area contributed by atoms with E-state index >= 15 is 0 Å². The smallest absolute Gasteiger partial charge is 0.211 e. The van der Waals surface area contributed by atoms with E-state index in [2.05, 4.69) is 26.9 Å². The van der Waals surface area contributed by atoms with Crippen molar-refractivity contribution in [2.45, 2.75) is 31.7 Å². The Hall–Kier alpha value is -3.05. The number of aromatic nitrogens is 1. The number of carbonyl (C=O) groups is 1. The first kappa shape index (κ1) is 20.8. The molecule has 3 heterocycles. The molecule has 5 heteroatoms. The van der Waals surface area contributed by atoms with Crippen molar-refractivity contribution in [2.75, 3.05) is 31.1 Å². The van der Waals surface area contributed by atoms with Crippen LogP contribution in [0.15, 0.2) is 66.9 Å². The van der Waals surface area contributed by atoms with Crippen molar-refractivity contribution in [3.8, 4) is 0 Å². The number of nitrogens with zero attached hydrogens (tertiary/aromatic N) is 3. The van der Waals surface area contributed by atoms with Gasteiger partial charge in [0.25, 0.3) is 0 Å². The number of halogens is 1. The van der Waals surface area contributed by atoms with E-state index in [1.54, 1.807) is 24.4 Å². The first-order valence-electron chi connectivity index (χ1n) is 11.5. The molecule has 0 amide bonds. The Balaban J connectivity index is 1.21. The minimum atomic E-state index is -0.176. The molecule has 1 saturated heterocycles. The number of hydrogen-bond acceptors (Lipinski definition) is 4. The molecule has 0 bridgehead atoms. The minimum Gasteiger partial charge on any atom is -0.368 e. The molecule has 0 saturated carbocycles. The lowest BCUT2D eigenvalue weighted by Crippen LogP contribution is -2.45. The molecule has 5 rings (SSSR count). The lowest BCUT2D eigenvalue weighted by atomic mass is 10.0. The summed E-state index contributed by atoms with van der Waals surface area (Å²) in [7, 11) is 0. The molecule has 1 aromatic heterocycles. The number of anilines is 1. The molecule has 4 nitrogen and oxygen atoms in total. The van der Waals surface area contributed by atoms with Crippen LogP contribution in [0.3, 0.4) is 0 Å². The first-order valence-corrected chi connectivity index (χ1v) is 11.5. The molecule has 1 fully saturated rings. The first-order chi connectivity index (χ1) is 15.7. The van der Waals surface area contributed by atoms with Crippen molar-refractivity contribution in [2.24, 2.45) is 0 Å². The van der Waals surface area contributed by atoms with Crippen molar-refractivity contribution in [3.63, 3.8) is 0 Å². The van der Waals surface area contributed by atoms with Gasteiger partial charge in [0.15, 0.2) is 0 Å². The highest BCUT2D eigenvalue weighted by molar-refractivity contribution is 6.08. The van der Waals surface area contributed by atoms with Crippen molar-refractivity contribution in [1.82, 2.24) is 9.88 Å². The number of ketones is 1. The largest absolute Gasteiger partial charge is 0.368 e. The maximum absolute atomic E-state index is 13.1. The predicted molar refractivity (Wildman–Crippen MR) is 125 cm³/mol. The van der Waals surface area contributed by atoms with Gasteiger partial charge in [0.2, 0.25) is 5.78 Å². The summed E-state index contributed by atoms with van der Waals surface area (Å²) in [5, 5.41) is 0. The maximum Gasteiger partial charge on any atom is 0.211 e. The van der Waals surface area contributed by atoms with Crippen molar-refractivity contribution in [3.05, 3.63) is 95.1 Å². The highest BCUT2D eigenvalue weighted by atomic mass is 19.1. The molecule has 0 spiro atoms. The molecule has 2 aliphatic rings. The van der Waals surface area contributed by atoms with E-state index in [9.17, 15) is 9.18 Å². The molecule has 32 heavy (non-hydrogen) atoms. The Bertz CT molecular complexity index is 1080. The summed E-state index contributed by atoms with van der Waals surface area (Å²) < 4.78 is 13.1. The maximum atomic E-state index is 13.1. The van der Waals surface area contributed by atoms with E-state index in [1.165, 1.54) is 16.8 Å². The van der Waals surface area contributed by atoms with E-state index in [1.807, 2.05) is 30.3 Å². The van der Waals surface area contributed by atoms with Gasteiger partial charge in [0.05, 0.1) is 0 Å². The van der Waals surface area contributed by atoms with E-state index in [0.29, 0.717) is 17.3 Å². The van der Waals surface area contributed by atoms with Gasteiger partial charge >= 0.3 is 0 Å². The Morgan fingerprint density at radius 2 is 1.81 bits per heavy atom. The van der Waals surface area contributed by atoms with Crippen LogP contribution in [0.1, 0.15) is 40.0 Å². The van der Waals surface area contributed by atoms with Gasteiger partial charge in [-0.05, 0) is 67.1 Å². The molecule has 164 valence electrons. The second-order valence-corrected chi connectivity index (χ2v) is 8.78. The van der Waals surface area contributed by atoms with Gasteiger partial charge in [0, 0.05) is 49.7 Å². The Morgan fingerprint density at radius 1 is 1.00 bits per heavy atom. The second-order valence-electron chi connectivity index (χ2n) is 8.78. The van der Waals surface area contributed by atoms with Crippen LogP contribution in [0.5, 0.6) is 0 Å². The second kappa shape index (κ2) is 9.21. The summed E-state index contributed by atoms with van der Waals surface area (Å²) in [4.78, 5) is 22.1. The van der Waals surface area contributed by atoms with Gasteiger partial charge in [-0.2, -0.15) is 0 Å². The lowest BCUT2D eigenvalue weighted by Gasteiger charge is -2.38. The molecule has 2 aliphatic heterocycles. The summed E-state index contributed by atoms with van der Waals surface area (Å²) in [6, 6.07) is 18.9. The van der Waals surface area contributed by atoms with Crippen LogP contribution >= 0.6 is 0 Å². The number of rotatable bonds is 6. The van der Waals surface area contributed by atoms with E-state index in [0.717, 1.165) is 51.9 Å². The monoisotopic (exact) mass is 429 g/mol. The lowest BCUT2D eigenvalue weighted by molar-refractivity contribution is 0.103. The fourth-order valence-corrected chi connectivity index (χ4v) is 4.96.